The molecule has 6 heteroatoms. The van der Waals surface area contributed by atoms with Crippen LogP contribution < -0.4 is 9.46 Å². The lowest BCUT2D eigenvalue weighted by Crippen LogP contribution is -2.46. The lowest BCUT2D eigenvalue weighted by atomic mass is 9.96. The van der Waals surface area contributed by atoms with Crippen molar-refractivity contribution in [1.82, 2.24) is 4.72 Å². The van der Waals surface area contributed by atoms with Gasteiger partial charge >= 0.3 is 0 Å². The molecule has 2 aliphatic rings. The molecule has 0 bridgehead atoms. The normalized spacial score (nSPS) is 25.7. The highest BCUT2D eigenvalue weighted by Crippen LogP contribution is 2.38. The molecule has 22 heavy (non-hydrogen) atoms. The Hall–Kier alpha value is -1.11. The Bertz CT molecular complexity index is 694. The van der Waals surface area contributed by atoms with Crippen molar-refractivity contribution in [2.75, 3.05) is 6.61 Å². The second kappa shape index (κ2) is 4.94. The first-order valence-corrected chi connectivity index (χ1v) is 9.06. The lowest BCUT2D eigenvalue weighted by Gasteiger charge is -2.27. The van der Waals surface area contributed by atoms with E-state index in [1.54, 1.807) is 18.2 Å². The molecule has 5 nitrogen and oxygen atoms in total. The molecule has 2 aliphatic heterocycles. The first-order chi connectivity index (χ1) is 10.1. The maximum atomic E-state index is 12.7. The van der Waals surface area contributed by atoms with E-state index in [2.05, 4.69) is 4.72 Å². The number of hydrogen-bond acceptors (Lipinski definition) is 4. The third kappa shape index (κ3) is 2.87. The Morgan fingerprint density at radius 1 is 1.23 bits per heavy atom. The summed E-state index contributed by atoms with van der Waals surface area (Å²) in [4.78, 5) is 0.289. The third-order valence-electron chi connectivity index (χ3n) is 4.34. The standard InChI is InChI=1S/C16H23NO4S/c1-15(2)10-14(16(3,4)21-15)17-22(18,19)12-5-6-13-11(9-12)7-8-20-13/h5-6,9,14,17H,7-8,10H2,1-4H3. The van der Waals surface area contributed by atoms with Crippen LogP contribution in [0.15, 0.2) is 23.1 Å². The zero-order chi connectivity index (χ0) is 16.2. The van der Waals surface area contributed by atoms with Gasteiger partial charge in [0, 0.05) is 6.42 Å². The minimum atomic E-state index is -3.57. The summed E-state index contributed by atoms with van der Waals surface area (Å²) < 4.78 is 39.6. The van der Waals surface area contributed by atoms with Crippen LogP contribution >= 0.6 is 0 Å². The Morgan fingerprint density at radius 3 is 2.59 bits per heavy atom. The van der Waals surface area contributed by atoms with Crippen molar-refractivity contribution >= 4 is 10.0 Å². The first kappa shape index (κ1) is 15.8. The molecule has 1 aromatic rings. The van der Waals surface area contributed by atoms with Gasteiger partial charge in [-0.25, -0.2) is 13.1 Å². The Labute approximate surface area is 132 Å². The van der Waals surface area contributed by atoms with Gasteiger partial charge < -0.3 is 9.47 Å². The van der Waals surface area contributed by atoms with E-state index in [4.69, 9.17) is 9.47 Å². The van der Waals surface area contributed by atoms with Crippen molar-refractivity contribution in [3.63, 3.8) is 0 Å². The van der Waals surface area contributed by atoms with Crippen molar-refractivity contribution in [3.8, 4) is 5.75 Å². The molecular weight excluding hydrogens is 302 g/mol. The summed E-state index contributed by atoms with van der Waals surface area (Å²) in [7, 11) is -3.57. The van der Waals surface area contributed by atoms with Crippen molar-refractivity contribution in [3.05, 3.63) is 23.8 Å². The van der Waals surface area contributed by atoms with E-state index in [1.165, 1.54) is 0 Å². The van der Waals surface area contributed by atoms with E-state index >= 15 is 0 Å². The Balaban J connectivity index is 1.85. The van der Waals surface area contributed by atoms with E-state index < -0.39 is 15.6 Å². The Morgan fingerprint density at radius 2 is 1.95 bits per heavy atom. The number of fused-ring (bicyclic) bond motifs is 1. The average Bonchev–Trinajstić information content (AvgIpc) is 2.89. The number of sulfonamides is 1. The molecule has 122 valence electrons. The number of ether oxygens (including phenoxy) is 2. The third-order valence-corrected chi connectivity index (χ3v) is 5.81. The van der Waals surface area contributed by atoms with Gasteiger partial charge in [0.2, 0.25) is 10.0 Å². The minimum absolute atomic E-state index is 0.253. The molecule has 1 atom stereocenters. The van der Waals surface area contributed by atoms with Gasteiger partial charge in [-0.3, -0.25) is 0 Å². The van der Waals surface area contributed by atoms with Crippen molar-refractivity contribution < 1.29 is 17.9 Å². The van der Waals surface area contributed by atoms with Gasteiger partial charge in [-0.1, -0.05) is 0 Å². The molecule has 0 amide bonds. The van der Waals surface area contributed by atoms with Crippen LogP contribution in [-0.2, 0) is 21.2 Å². The van der Waals surface area contributed by atoms with Gasteiger partial charge in [0.15, 0.2) is 0 Å². The molecule has 1 unspecified atom stereocenters. The van der Waals surface area contributed by atoms with Crippen LogP contribution in [0.5, 0.6) is 5.75 Å². The van der Waals surface area contributed by atoms with Crippen molar-refractivity contribution in [2.24, 2.45) is 0 Å². The quantitative estimate of drug-likeness (QED) is 0.926. The summed E-state index contributed by atoms with van der Waals surface area (Å²) in [6, 6.07) is 4.79. The fourth-order valence-electron chi connectivity index (χ4n) is 3.33. The molecule has 1 fully saturated rings. The fraction of sp³-hybridized carbons (Fsp3) is 0.625. The van der Waals surface area contributed by atoms with E-state index in [0.29, 0.717) is 13.0 Å². The molecule has 1 saturated heterocycles. The molecule has 3 rings (SSSR count). The SMILES string of the molecule is CC1(C)CC(NS(=O)(=O)c2ccc3c(c2)CCO3)C(C)(C)O1. The van der Waals surface area contributed by atoms with E-state index in [-0.39, 0.29) is 16.5 Å². The first-order valence-electron chi connectivity index (χ1n) is 7.57. The Kier molecular flexibility index (Phi) is 3.54. The molecule has 0 aromatic heterocycles. The molecule has 0 aliphatic carbocycles. The highest BCUT2D eigenvalue weighted by molar-refractivity contribution is 7.89. The summed E-state index contributed by atoms with van der Waals surface area (Å²) in [5, 5.41) is 0. The number of hydrogen-bond donors (Lipinski definition) is 1. The fourth-order valence-corrected chi connectivity index (χ4v) is 4.75. The number of rotatable bonds is 3. The summed E-state index contributed by atoms with van der Waals surface area (Å²) in [5.41, 5.74) is 0.0870. The van der Waals surface area contributed by atoms with Gasteiger partial charge in [0.25, 0.3) is 0 Å². The van der Waals surface area contributed by atoms with E-state index in [0.717, 1.165) is 17.7 Å². The van der Waals surface area contributed by atoms with Crippen LogP contribution in [0.2, 0.25) is 0 Å². The van der Waals surface area contributed by atoms with Crippen LogP contribution in [0.1, 0.15) is 39.7 Å². The summed E-state index contributed by atoms with van der Waals surface area (Å²) in [5.74, 6) is 0.782. The lowest BCUT2D eigenvalue weighted by molar-refractivity contribution is -0.0684. The van der Waals surface area contributed by atoms with Crippen LogP contribution in [0, 0.1) is 0 Å². The summed E-state index contributed by atoms with van der Waals surface area (Å²) in [6.45, 7) is 8.42. The average molecular weight is 325 g/mol. The molecule has 1 aromatic carbocycles. The van der Waals surface area contributed by atoms with Crippen molar-refractivity contribution in [2.45, 2.75) is 62.7 Å². The predicted octanol–water partition coefficient (Wildman–Crippen LogP) is 2.25. The van der Waals surface area contributed by atoms with Gasteiger partial charge in [0.05, 0.1) is 28.7 Å². The molecule has 1 N–H and O–H groups in total. The largest absolute Gasteiger partial charge is 0.493 e. The monoisotopic (exact) mass is 325 g/mol. The highest BCUT2D eigenvalue weighted by atomic mass is 32.2. The number of benzene rings is 1. The van der Waals surface area contributed by atoms with Gasteiger partial charge in [-0.05, 0) is 57.9 Å². The topological polar surface area (TPSA) is 64.6 Å². The van der Waals surface area contributed by atoms with Gasteiger partial charge in [0.1, 0.15) is 5.75 Å². The van der Waals surface area contributed by atoms with Crippen LogP contribution in [0.25, 0.3) is 0 Å². The molecule has 0 saturated carbocycles. The second-order valence-electron chi connectivity index (χ2n) is 7.21. The molecular formula is C16H23NO4S. The van der Waals surface area contributed by atoms with Crippen LogP contribution in [-0.4, -0.2) is 32.3 Å². The smallest absolute Gasteiger partial charge is 0.240 e. The highest BCUT2D eigenvalue weighted by Gasteiger charge is 2.47. The molecule has 0 spiro atoms. The van der Waals surface area contributed by atoms with E-state index in [1.807, 2.05) is 27.7 Å². The van der Waals surface area contributed by atoms with Crippen LogP contribution in [0.4, 0.5) is 0 Å². The van der Waals surface area contributed by atoms with Crippen LogP contribution in [0.3, 0.4) is 0 Å². The van der Waals surface area contributed by atoms with Crippen molar-refractivity contribution in [1.29, 1.82) is 0 Å². The van der Waals surface area contributed by atoms with E-state index in [9.17, 15) is 8.42 Å². The van der Waals surface area contributed by atoms with Gasteiger partial charge in [-0.15, -0.1) is 0 Å². The second-order valence-corrected chi connectivity index (χ2v) is 8.93. The summed E-state index contributed by atoms with van der Waals surface area (Å²) >= 11 is 0. The number of nitrogens with one attached hydrogen (secondary N) is 1. The molecule has 0 radical (unpaired) electrons. The minimum Gasteiger partial charge on any atom is -0.493 e. The maximum Gasteiger partial charge on any atom is 0.240 e. The predicted molar refractivity (Wildman–Crippen MR) is 83.6 cm³/mol. The zero-order valence-corrected chi connectivity index (χ0v) is 14.3. The van der Waals surface area contributed by atoms with Gasteiger partial charge in [-0.2, -0.15) is 0 Å². The maximum absolute atomic E-state index is 12.7. The molecule has 2 heterocycles. The zero-order valence-electron chi connectivity index (χ0n) is 13.5. The summed E-state index contributed by atoms with van der Waals surface area (Å²) in [6.07, 6.45) is 1.40.